The fourth-order valence-electron chi connectivity index (χ4n) is 2.19. The molecule has 24 heavy (non-hydrogen) atoms. The minimum absolute atomic E-state index is 0. The number of halogens is 1. The van der Waals surface area contributed by atoms with Crippen LogP contribution in [0.3, 0.4) is 0 Å². The van der Waals surface area contributed by atoms with Crippen molar-refractivity contribution in [3.8, 4) is 11.3 Å². The van der Waals surface area contributed by atoms with Gasteiger partial charge in [0.15, 0.2) is 5.96 Å². The summed E-state index contributed by atoms with van der Waals surface area (Å²) >= 11 is 0. The summed E-state index contributed by atoms with van der Waals surface area (Å²) in [6.07, 6.45) is 1.81. The van der Waals surface area contributed by atoms with E-state index in [4.69, 9.17) is 5.73 Å². The number of guanidine groups is 1. The van der Waals surface area contributed by atoms with Crippen molar-refractivity contribution in [2.45, 2.75) is 13.5 Å². The Kier molecular flexibility index (Phi) is 6.36. The predicted octanol–water partition coefficient (Wildman–Crippen LogP) is 3.93. The van der Waals surface area contributed by atoms with Crippen LogP contribution in [0.15, 0.2) is 65.8 Å². The van der Waals surface area contributed by atoms with E-state index in [0.717, 1.165) is 22.8 Å². The van der Waals surface area contributed by atoms with Crippen LogP contribution in [-0.2, 0) is 6.54 Å². The zero-order chi connectivity index (χ0) is 16.1. The van der Waals surface area contributed by atoms with Gasteiger partial charge >= 0.3 is 0 Å². The van der Waals surface area contributed by atoms with Crippen LogP contribution in [0.5, 0.6) is 0 Å². The molecule has 2 aromatic carbocycles. The van der Waals surface area contributed by atoms with Gasteiger partial charge in [0.25, 0.3) is 0 Å². The highest BCUT2D eigenvalue weighted by Crippen LogP contribution is 2.16. The molecule has 0 radical (unpaired) electrons. The van der Waals surface area contributed by atoms with E-state index in [1.807, 2.05) is 67.7 Å². The van der Waals surface area contributed by atoms with E-state index in [2.05, 4.69) is 20.3 Å². The van der Waals surface area contributed by atoms with Crippen molar-refractivity contribution in [3.05, 3.63) is 72.2 Å². The molecular weight excluding hydrogens is 413 g/mol. The third kappa shape index (κ3) is 4.82. The number of aryl methyl sites for hydroxylation is 1. The quantitative estimate of drug-likeness (QED) is 0.332. The minimum atomic E-state index is 0. The van der Waals surface area contributed by atoms with Gasteiger partial charge < -0.3 is 16.0 Å². The first kappa shape index (κ1) is 18.0. The summed E-state index contributed by atoms with van der Waals surface area (Å²) in [5.41, 5.74) is 10.1. The van der Waals surface area contributed by atoms with Crippen molar-refractivity contribution in [3.63, 3.8) is 0 Å². The van der Waals surface area contributed by atoms with Gasteiger partial charge in [0.1, 0.15) is 12.4 Å². The Morgan fingerprint density at radius 3 is 2.54 bits per heavy atom. The molecule has 5 nitrogen and oxygen atoms in total. The van der Waals surface area contributed by atoms with Crippen LogP contribution < -0.4 is 11.1 Å². The van der Waals surface area contributed by atoms with E-state index in [-0.39, 0.29) is 24.0 Å². The van der Waals surface area contributed by atoms with Gasteiger partial charge in [0, 0.05) is 5.69 Å². The third-order valence-electron chi connectivity index (χ3n) is 3.44. The topological polar surface area (TPSA) is 79.1 Å². The van der Waals surface area contributed by atoms with Crippen LogP contribution in [-0.4, -0.2) is 15.9 Å². The van der Waals surface area contributed by atoms with E-state index in [0.29, 0.717) is 12.5 Å². The Morgan fingerprint density at radius 1 is 1.12 bits per heavy atom. The SMILES string of the molecule is Cc1ccc(NC(N)=NCc2ncc(-c3ccccc3)[nH]2)cc1.I. The number of benzene rings is 2. The summed E-state index contributed by atoms with van der Waals surface area (Å²) in [4.78, 5) is 11.9. The average Bonchev–Trinajstić information content (AvgIpc) is 3.05. The minimum Gasteiger partial charge on any atom is -0.370 e. The van der Waals surface area contributed by atoms with E-state index in [1.165, 1.54) is 5.56 Å². The first-order valence-corrected chi connectivity index (χ1v) is 7.43. The molecule has 1 heterocycles. The fraction of sp³-hybridized carbons (Fsp3) is 0.111. The number of nitrogens with one attached hydrogen (secondary N) is 2. The molecule has 0 aliphatic heterocycles. The molecular formula is C18H20IN5. The summed E-state index contributed by atoms with van der Waals surface area (Å²) in [5, 5.41) is 3.06. The maximum absolute atomic E-state index is 5.91. The lowest BCUT2D eigenvalue weighted by Crippen LogP contribution is -2.22. The van der Waals surface area contributed by atoms with Crippen molar-refractivity contribution in [2.75, 3.05) is 5.32 Å². The second-order valence-electron chi connectivity index (χ2n) is 5.30. The van der Waals surface area contributed by atoms with Gasteiger partial charge in [-0.3, -0.25) is 0 Å². The molecule has 0 saturated heterocycles. The van der Waals surface area contributed by atoms with Gasteiger partial charge in [0.2, 0.25) is 0 Å². The summed E-state index contributed by atoms with van der Waals surface area (Å²) in [6.45, 7) is 2.44. The molecule has 0 bridgehead atoms. The average molecular weight is 433 g/mol. The molecule has 4 N–H and O–H groups in total. The number of anilines is 1. The van der Waals surface area contributed by atoms with Gasteiger partial charge in [-0.1, -0.05) is 48.0 Å². The number of rotatable bonds is 4. The fourth-order valence-corrected chi connectivity index (χ4v) is 2.19. The van der Waals surface area contributed by atoms with Crippen LogP contribution in [0, 0.1) is 6.92 Å². The Balaban J connectivity index is 0.00000208. The lowest BCUT2D eigenvalue weighted by Gasteiger charge is -2.05. The normalized spacial score (nSPS) is 11.0. The van der Waals surface area contributed by atoms with Gasteiger partial charge in [-0.25, -0.2) is 9.98 Å². The van der Waals surface area contributed by atoms with Crippen molar-refractivity contribution < 1.29 is 0 Å². The summed E-state index contributed by atoms with van der Waals surface area (Å²) < 4.78 is 0. The number of H-pyrrole nitrogens is 1. The van der Waals surface area contributed by atoms with Crippen molar-refractivity contribution in [1.29, 1.82) is 0 Å². The number of imidazole rings is 1. The molecule has 0 atom stereocenters. The molecule has 0 unspecified atom stereocenters. The molecule has 0 aliphatic rings. The summed E-state index contributed by atoms with van der Waals surface area (Å²) in [5.74, 6) is 1.14. The molecule has 0 fully saturated rings. The van der Waals surface area contributed by atoms with Crippen molar-refractivity contribution >= 4 is 35.6 Å². The van der Waals surface area contributed by atoms with Gasteiger partial charge in [-0.05, 0) is 24.6 Å². The van der Waals surface area contributed by atoms with Crippen LogP contribution in [0.1, 0.15) is 11.4 Å². The molecule has 0 spiro atoms. The first-order chi connectivity index (χ1) is 11.2. The number of nitrogens with zero attached hydrogens (tertiary/aromatic N) is 2. The molecule has 0 amide bonds. The molecule has 0 aliphatic carbocycles. The second-order valence-corrected chi connectivity index (χ2v) is 5.30. The van der Waals surface area contributed by atoms with E-state index in [1.54, 1.807) is 0 Å². The highest BCUT2D eigenvalue weighted by atomic mass is 127. The molecule has 3 rings (SSSR count). The number of aromatic amines is 1. The highest BCUT2D eigenvalue weighted by molar-refractivity contribution is 14.0. The molecule has 3 aromatic rings. The lowest BCUT2D eigenvalue weighted by atomic mass is 10.2. The Labute approximate surface area is 158 Å². The second kappa shape index (κ2) is 8.49. The van der Waals surface area contributed by atoms with Gasteiger partial charge in [-0.15, -0.1) is 24.0 Å². The third-order valence-corrected chi connectivity index (χ3v) is 3.44. The largest absolute Gasteiger partial charge is 0.370 e. The predicted molar refractivity (Wildman–Crippen MR) is 110 cm³/mol. The van der Waals surface area contributed by atoms with Crippen LogP contribution >= 0.6 is 24.0 Å². The van der Waals surface area contributed by atoms with E-state index < -0.39 is 0 Å². The first-order valence-electron chi connectivity index (χ1n) is 7.43. The zero-order valence-electron chi connectivity index (χ0n) is 13.4. The number of hydrogen-bond acceptors (Lipinski definition) is 2. The summed E-state index contributed by atoms with van der Waals surface area (Å²) in [6, 6.07) is 18.0. The number of nitrogens with two attached hydrogens (primary N) is 1. The number of hydrogen-bond donors (Lipinski definition) is 3. The van der Waals surface area contributed by atoms with Gasteiger partial charge in [-0.2, -0.15) is 0 Å². The molecule has 0 saturated carbocycles. The molecule has 124 valence electrons. The smallest absolute Gasteiger partial charge is 0.193 e. The van der Waals surface area contributed by atoms with Crippen molar-refractivity contribution in [2.24, 2.45) is 10.7 Å². The standard InChI is InChI=1S/C18H19N5.HI/c1-13-7-9-15(10-8-13)22-18(19)21-12-17-20-11-16(23-17)14-5-3-2-4-6-14;/h2-11H,12H2,1H3,(H,20,23)(H3,19,21,22);1H. The van der Waals surface area contributed by atoms with Gasteiger partial charge in [0.05, 0.1) is 11.9 Å². The summed E-state index contributed by atoms with van der Waals surface area (Å²) in [7, 11) is 0. The lowest BCUT2D eigenvalue weighted by molar-refractivity contribution is 0.947. The Hall–Kier alpha value is -2.35. The van der Waals surface area contributed by atoms with Crippen molar-refractivity contribution in [1.82, 2.24) is 9.97 Å². The Bertz CT molecular complexity index is 794. The number of aromatic nitrogens is 2. The maximum atomic E-state index is 5.91. The zero-order valence-corrected chi connectivity index (χ0v) is 15.7. The highest BCUT2D eigenvalue weighted by Gasteiger charge is 2.02. The molecule has 1 aromatic heterocycles. The van der Waals surface area contributed by atoms with E-state index in [9.17, 15) is 0 Å². The van der Waals surface area contributed by atoms with Crippen LogP contribution in [0.2, 0.25) is 0 Å². The monoisotopic (exact) mass is 433 g/mol. The molecule has 6 heteroatoms. The number of aliphatic imine (C=N–C) groups is 1. The van der Waals surface area contributed by atoms with Crippen LogP contribution in [0.4, 0.5) is 5.69 Å². The van der Waals surface area contributed by atoms with E-state index >= 15 is 0 Å². The van der Waals surface area contributed by atoms with Crippen LogP contribution in [0.25, 0.3) is 11.3 Å². The Morgan fingerprint density at radius 2 is 1.83 bits per heavy atom. The maximum Gasteiger partial charge on any atom is 0.193 e.